The largest absolute Gasteiger partial charge is 0.462 e. The van der Waals surface area contributed by atoms with Gasteiger partial charge in [0.25, 0.3) is 0 Å². The molecule has 0 saturated heterocycles. The maximum Gasteiger partial charge on any atom is 0.306 e. The van der Waals surface area contributed by atoms with Crippen LogP contribution in [0.25, 0.3) is 0 Å². The molecule has 0 amide bonds. The van der Waals surface area contributed by atoms with Crippen LogP contribution in [-0.2, 0) is 28.6 Å². The monoisotopic (exact) mass is 1150 g/mol. The molecule has 1 unspecified atom stereocenters. The van der Waals surface area contributed by atoms with Gasteiger partial charge in [-0.2, -0.15) is 0 Å². The number of hydrogen-bond acceptors (Lipinski definition) is 6. The third kappa shape index (κ3) is 67.6. The van der Waals surface area contributed by atoms with Crippen LogP contribution in [-0.4, -0.2) is 37.2 Å². The van der Waals surface area contributed by atoms with Crippen LogP contribution in [0.1, 0.15) is 374 Å². The van der Waals surface area contributed by atoms with Gasteiger partial charge in [0.05, 0.1) is 0 Å². The van der Waals surface area contributed by atoms with Crippen molar-refractivity contribution in [3.8, 4) is 0 Å². The fourth-order valence-electron chi connectivity index (χ4n) is 10.5. The van der Waals surface area contributed by atoms with Gasteiger partial charge in [0.2, 0.25) is 0 Å². The van der Waals surface area contributed by atoms with Crippen LogP contribution in [0.2, 0.25) is 0 Å². The molecule has 1 atom stereocenters. The lowest BCUT2D eigenvalue weighted by Crippen LogP contribution is -2.30. The summed E-state index contributed by atoms with van der Waals surface area (Å²) in [5.74, 6) is -0.891. The number of esters is 3. The predicted octanol–water partition coefficient (Wildman–Crippen LogP) is 24.8. The van der Waals surface area contributed by atoms with Crippen molar-refractivity contribution in [2.24, 2.45) is 0 Å². The molecule has 0 N–H and O–H groups in total. The van der Waals surface area contributed by atoms with Gasteiger partial charge >= 0.3 is 17.9 Å². The van der Waals surface area contributed by atoms with Crippen LogP contribution in [0.15, 0.2) is 72.9 Å². The van der Waals surface area contributed by atoms with Gasteiger partial charge in [-0.05, 0) is 116 Å². The molecule has 0 radical (unpaired) electrons. The summed E-state index contributed by atoms with van der Waals surface area (Å²) in [6.07, 6.45) is 92.3. The normalized spacial score (nSPS) is 12.5. The van der Waals surface area contributed by atoms with Crippen molar-refractivity contribution in [1.82, 2.24) is 0 Å². The van der Waals surface area contributed by atoms with Crippen LogP contribution < -0.4 is 0 Å². The molecule has 0 spiro atoms. The molecule has 0 aliphatic carbocycles. The van der Waals surface area contributed by atoms with Crippen molar-refractivity contribution >= 4 is 17.9 Å². The molecule has 0 aromatic carbocycles. The first-order valence-electron chi connectivity index (χ1n) is 35.9. The summed E-state index contributed by atoms with van der Waals surface area (Å²) < 4.78 is 16.9. The quantitative estimate of drug-likeness (QED) is 0.0261. The Kier molecular flexibility index (Phi) is 67.6. The molecule has 0 fully saturated rings. The summed E-state index contributed by atoms with van der Waals surface area (Å²) >= 11 is 0. The van der Waals surface area contributed by atoms with E-state index in [1.165, 1.54) is 225 Å². The summed E-state index contributed by atoms with van der Waals surface area (Å²) in [6, 6.07) is 0. The number of allylic oxidation sites excluding steroid dienone is 12. The highest BCUT2D eigenvalue weighted by Crippen LogP contribution is 2.18. The van der Waals surface area contributed by atoms with Gasteiger partial charge in [-0.1, -0.05) is 312 Å². The van der Waals surface area contributed by atoms with Crippen LogP contribution in [0, 0.1) is 0 Å². The van der Waals surface area contributed by atoms with E-state index in [9.17, 15) is 14.4 Å². The van der Waals surface area contributed by atoms with E-state index in [4.69, 9.17) is 14.2 Å². The number of ether oxygens (including phenoxy) is 3. The minimum atomic E-state index is -0.789. The Labute approximate surface area is 510 Å². The Balaban J connectivity index is 4.17. The lowest BCUT2D eigenvalue weighted by atomic mass is 10.0. The van der Waals surface area contributed by atoms with E-state index >= 15 is 0 Å². The summed E-state index contributed by atoms with van der Waals surface area (Å²) in [7, 11) is 0. The Bertz CT molecular complexity index is 1500. The van der Waals surface area contributed by atoms with Crippen LogP contribution in [0.4, 0.5) is 0 Å². The molecular formula is C76H136O6. The average molecular weight is 1150 g/mol. The van der Waals surface area contributed by atoms with E-state index in [2.05, 4.69) is 93.7 Å². The fourth-order valence-corrected chi connectivity index (χ4v) is 10.5. The Morgan fingerprint density at radius 3 is 0.707 bits per heavy atom. The van der Waals surface area contributed by atoms with Crippen LogP contribution >= 0.6 is 0 Å². The van der Waals surface area contributed by atoms with E-state index in [0.29, 0.717) is 19.3 Å². The lowest BCUT2D eigenvalue weighted by Gasteiger charge is -2.18. The lowest BCUT2D eigenvalue weighted by molar-refractivity contribution is -0.167. The van der Waals surface area contributed by atoms with E-state index in [1.54, 1.807) is 0 Å². The van der Waals surface area contributed by atoms with E-state index in [1.807, 2.05) is 0 Å². The average Bonchev–Trinajstić information content (AvgIpc) is 3.47. The van der Waals surface area contributed by atoms with Gasteiger partial charge in [0.1, 0.15) is 13.2 Å². The highest BCUT2D eigenvalue weighted by molar-refractivity contribution is 5.71. The van der Waals surface area contributed by atoms with Gasteiger partial charge in [-0.15, -0.1) is 0 Å². The molecule has 6 nitrogen and oxygen atoms in total. The second kappa shape index (κ2) is 70.3. The van der Waals surface area contributed by atoms with Crippen LogP contribution in [0.3, 0.4) is 0 Å². The maximum absolute atomic E-state index is 12.9. The van der Waals surface area contributed by atoms with Crippen molar-refractivity contribution in [3.63, 3.8) is 0 Å². The molecule has 82 heavy (non-hydrogen) atoms. The smallest absolute Gasteiger partial charge is 0.306 e. The minimum Gasteiger partial charge on any atom is -0.462 e. The van der Waals surface area contributed by atoms with Gasteiger partial charge in [0, 0.05) is 19.3 Å². The Morgan fingerprint density at radius 2 is 0.439 bits per heavy atom. The maximum atomic E-state index is 12.9. The number of rotatable bonds is 66. The van der Waals surface area contributed by atoms with Gasteiger partial charge in [-0.3, -0.25) is 14.4 Å². The predicted molar refractivity (Wildman–Crippen MR) is 358 cm³/mol. The number of carbonyl (C=O) groups is 3. The number of unbranched alkanes of at least 4 members (excludes halogenated alkanes) is 43. The molecule has 0 aromatic rings. The Morgan fingerprint density at radius 1 is 0.244 bits per heavy atom. The molecule has 6 heteroatoms. The van der Waals surface area contributed by atoms with Gasteiger partial charge in [0.15, 0.2) is 6.10 Å². The summed E-state index contributed by atoms with van der Waals surface area (Å²) in [5, 5.41) is 0. The van der Waals surface area contributed by atoms with E-state index in [-0.39, 0.29) is 31.1 Å². The molecule has 0 rings (SSSR count). The first-order valence-corrected chi connectivity index (χ1v) is 35.9. The number of hydrogen-bond donors (Lipinski definition) is 0. The zero-order valence-electron chi connectivity index (χ0n) is 54.8. The second-order valence-electron chi connectivity index (χ2n) is 24.1. The summed E-state index contributed by atoms with van der Waals surface area (Å²) in [4.78, 5) is 38.4. The third-order valence-electron chi connectivity index (χ3n) is 15.9. The highest BCUT2D eigenvalue weighted by Gasteiger charge is 2.19. The number of carbonyl (C=O) groups excluding carboxylic acids is 3. The summed E-state index contributed by atoms with van der Waals surface area (Å²) in [5.41, 5.74) is 0. The van der Waals surface area contributed by atoms with E-state index in [0.717, 1.165) is 109 Å². The third-order valence-corrected chi connectivity index (χ3v) is 15.9. The van der Waals surface area contributed by atoms with Crippen molar-refractivity contribution < 1.29 is 28.6 Å². The zero-order valence-corrected chi connectivity index (χ0v) is 54.8. The molecule has 0 aromatic heterocycles. The van der Waals surface area contributed by atoms with Crippen molar-refractivity contribution in [2.75, 3.05) is 13.2 Å². The van der Waals surface area contributed by atoms with E-state index < -0.39 is 6.10 Å². The standard InChI is InChI=1S/C76H136O6/c1-4-7-10-13-16-19-22-25-28-30-31-32-33-34-35-36-37-38-39-40-41-42-43-44-45-46-49-51-54-57-60-63-66-69-75(78)81-72-73(71-80-74(77)68-65-62-59-56-53-50-47-27-24-21-18-15-12-9-6-3)82-76(79)70-67-64-61-58-55-52-48-29-26-23-20-17-14-11-8-5-2/h18,20-23,25,27,29-31,47-48,73H,4-17,19,24,26,28,32-46,49-72H2,1-3H3/b21-18-,23-20-,25-22-,31-30-,47-27-,48-29-. The SMILES string of the molecule is CCCCC/C=C\C/C=C\CCCCCCCC(=O)OCC(COC(=O)CCCCCCCCCCCCCCCCCCCCCCC/C=C\C/C=C\CCCCCCC)OC(=O)CCCCCCC/C=C\C/C=C\CCCCCC. The first kappa shape index (κ1) is 78.8. The second-order valence-corrected chi connectivity index (χ2v) is 24.1. The Hall–Kier alpha value is -3.15. The fraction of sp³-hybridized carbons (Fsp3) is 0.803. The summed E-state index contributed by atoms with van der Waals surface area (Å²) in [6.45, 7) is 6.61. The molecular weight excluding hydrogens is 1010 g/mol. The van der Waals surface area contributed by atoms with Crippen molar-refractivity contribution in [1.29, 1.82) is 0 Å². The molecule has 0 aliphatic heterocycles. The van der Waals surface area contributed by atoms with Gasteiger partial charge in [-0.25, -0.2) is 0 Å². The first-order chi connectivity index (χ1) is 40.5. The zero-order chi connectivity index (χ0) is 59.2. The van der Waals surface area contributed by atoms with Gasteiger partial charge < -0.3 is 14.2 Å². The van der Waals surface area contributed by atoms with Crippen molar-refractivity contribution in [2.45, 2.75) is 380 Å². The molecule has 0 heterocycles. The molecule has 0 saturated carbocycles. The highest BCUT2D eigenvalue weighted by atomic mass is 16.6. The van der Waals surface area contributed by atoms with Crippen molar-refractivity contribution in [3.05, 3.63) is 72.9 Å². The van der Waals surface area contributed by atoms with Crippen LogP contribution in [0.5, 0.6) is 0 Å². The molecule has 476 valence electrons. The topological polar surface area (TPSA) is 78.9 Å². The molecule has 0 aliphatic rings. The minimum absolute atomic E-state index is 0.0823. The molecule has 0 bridgehead atoms.